The second-order valence-corrected chi connectivity index (χ2v) is 5.81. The van der Waals surface area contributed by atoms with Crippen LogP contribution in [-0.4, -0.2) is 41.1 Å². The van der Waals surface area contributed by atoms with E-state index in [0.29, 0.717) is 0 Å². The van der Waals surface area contributed by atoms with Gasteiger partial charge in [-0.1, -0.05) is 15.9 Å². The molecule has 0 spiro atoms. The zero-order chi connectivity index (χ0) is 10.1. The third-order valence-corrected chi connectivity index (χ3v) is 2.52. The molecule has 1 heterocycles. The van der Waals surface area contributed by atoms with Gasteiger partial charge in [0.1, 0.15) is 0 Å². The lowest BCUT2D eigenvalue weighted by atomic mass is 9.99. The molecule has 1 fully saturated rings. The predicted molar refractivity (Wildman–Crippen MR) is 59.5 cm³/mol. The maximum absolute atomic E-state index is 5.98. The first kappa shape index (κ1) is 11.5. The summed E-state index contributed by atoms with van der Waals surface area (Å²) in [6.45, 7) is 11.8. The van der Waals surface area contributed by atoms with Crippen LogP contribution in [0.15, 0.2) is 0 Å². The van der Waals surface area contributed by atoms with Gasteiger partial charge in [-0.05, 0) is 27.7 Å². The Morgan fingerprint density at radius 2 is 1.62 bits per heavy atom. The fraction of sp³-hybridized carbons (Fsp3) is 1.00. The number of morpholine rings is 1. The van der Waals surface area contributed by atoms with Crippen LogP contribution in [0.2, 0.25) is 0 Å². The Kier molecular flexibility index (Phi) is 3.42. The van der Waals surface area contributed by atoms with Crippen molar-refractivity contribution < 1.29 is 4.74 Å². The highest BCUT2D eigenvalue weighted by atomic mass is 79.9. The van der Waals surface area contributed by atoms with E-state index >= 15 is 0 Å². The minimum atomic E-state index is -0.0100. The van der Waals surface area contributed by atoms with E-state index in [-0.39, 0.29) is 11.2 Å². The third kappa shape index (κ3) is 3.56. The van der Waals surface area contributed by atoms with Crippen LogP contribution in [0.4, 0.5) is 0 Å². The molecular weight excluding hydrogens is 230 g/mol. The van der Waals surface area contributed by atoms with Crippen LogP contribution < -0.4 is 0 Å². The van der Waals surface area contributed by atoms with Crippen LogP contribution >= 0.6 is 15.9 Å². The van der Waals surface area contributed by atoms with Crippen LogP contribution in [0.1, 0.15) is 27.7 Å². The number of halogens is 1. The second-order valence-electron chi connectivity index (χ2n) is 5.02. The third-order valence-electron chi connectivity index (χ3n) is 2.16. The first-order chi connectivity index (χ1) is 5.85. The Bertz CT molecular complexity index is 164. The van der Waals surface area contributed by atoms with Crippen LogP contribution in [-0.2, 0) is 4.74 Å². The number of hydrogen-bond acceptors (Lipinski definition) is 2. The summed E-state index contributed by atoms with van der Waals surface area (Å²) in [5, 5.41) is 1.04. The molecule has 0 amide bonds. The van der Waals surface area contributed by atoms with E-state index in [9.17, 15) is 0 Å². The summed E-state index contributed by atoms with van der Waals surface area (Å²) in [7, 11) is 0. The van der Waals surface area contributed by atoms with Crippen molar-refractivity contribution in [1.29, 1.82) is 0 Å². The molecular formula is C10H20BrNO. The molecule has 2 nitrogen and oxygen atoms in total. The Morgan fingerprint density at radius 1 is 1.15 bits per heavy atom. The molecule has 78 valence electrons. The molecule has 1 aliphatic rings. The zero-order valence-electron chi connectivity index (χ0n) is 9.06. The van der Waals surface area contributed by atoms with Crippen molar-refractivity contribution in [3.05, 3.63) is 0 Å². The van der Waals surface area contributed by atoms with Gasteiger partial charge >= 0.3 is 0 Å². The molecule has 13 heavy (non-hydrogen) atoms. The molecule has 1 aliphatic heterocycles. The number of hydrogen-bond donors (Lipinski definition) is 0. The van der Waals surface area contributed by atoms with E-state index in [0.717, 1.165) is 25.0 Å². The van der Waals surface area contributed by atoms with Gasteiger partial charge in [0, 0.05) is 25.0 Å². The first-order valence-electron chi connectivity index (χ1n) is 4.83. The van der Waals surface area contributed by atoms with Gasteiger partial charge in [0.15, 0.2) is 0 Å². The number of ether oxygens (including phenoxy) is 1. The summed E-state index contributed by atoms with van der Waals surface area (Å²) in [4.78, 5) is 2.46. The second kappa shape index (κ2) is 3.87. The highest BCUT2D eigenvalue weighted by Crippen LogP contribution is 2.27. The summed E-state index contributed by atoms with van der Waals surface area (Å²) in [6, 6.07) is 0. The topological polar surface area (TPSA) is 12.5 Å². The molecule has 0 radical (unpaired) electrons. The molecule has 0 saturated carbocycles. The SMILES string of the molecule is CC1(C)CN(CCBr)CC(C)(C)O1. The number of nitrogens with zero attached hydrogens (tertiary/aromatic N) is 1. The molecule has 0 bridgehead atoms. The quantitative estimate of drug-likeness (QED) is 0.697. The molecule has 1 saturated heterocycles. The van der Waals surface area contributed by atoms with Gasteiger partial charge in [-0.3, -0.25) is 4.90 Å². The number of alkyl halides is 1. The minimum Gasteiger partial charge on any atom is -0.367 e. The van der Waals surface area contributed by atoms with Crippen molar-refractivity contribution >= 4 is 15.9 Å². The van der Waals surface area contributed by atoms with E-state index < -0.39 is 0 Å². The first-order valence-corrected chi connectivity index (χ1v) is 5.95. The average Bonchev–Trinajstić information content (AvgIpc) is 1.78. The maximum Gasteiger partial charge on any atom is 0.0760 e. The van der Waals surface area contributed by atoms with E-state index in [1.54, 1.807) is 0 Å². The smallest absolute Gasteiger partial charge is 0.0760 e. The van der Waals surface area contributed by atoms with Crippen LogP contribution in [0.5, 0.6) is 0 Å². The van der Waals surface area contributed by atoms with Crippen molar-refractivity contribution in [1.82, 2.24) is 4.90 Å². The largest absolute Gasteiger partial charge is 0.367 e. The standard InChI is InChI=1S/C10H20BrNO/c1-9(2)7-12(6-5-11)8-10(3,4)13-9/h5-8H2,1-4H3. The molecule has 0 aromatic rings. The summed E-state index contributed by atoms with van der Waals surface area (Å²) in [5.74, 6) is 0. The Labute approximate surface area is 89.8 Å². The van der Waals surface area contributed by atoms with Crippen molar-refractivity contribution in [2.24, 2.45) is 0 Å². The van der Waals surface area contributed by atoms with Crippen LogP contribution in [0, 0.1) is 0 Å². The molecule has 0 aliphatic carbocycles. The molecule has 3 heteroatoms. The molecule has 0 atom stereocenters. The Balaban J connectivity index is 2.61. The van der Waals surface area contributed by atoms with Crippen LogP contribution in [0.25, 0.3) is 0 Å². The highest BCUT2D eigenvalue weighted by molar-refractivity contribution is 9.09. The monoisotopic (exact) mass is 249 g/mol. The molecule has 0 aromatic carbocycles. The highest BCUT2D eigenvalue weighted by Gasteiger charge is 2.37. The summed E-state index contributed by atoms with van der Waals surface area (Å²) in [6.07, 6.45) is 0. The van der Waals surface area contributed by atoms with Gasteiger partial charge in [0.2, 0.25) is 0 Å². The van der Waals surface area contributed by atoms with Gasteiger partial charge in [0.05, 0.1) is 11.2 Å². The Morgan fingerprint density at radius 3 is 2.00 bits per heavy atom. The molecule has 0 unspecified atom stereocenters. The van der Waals surface area contributed by atoms with Gasteiger partial charge in [-0.2, -0.15) is 0 Å². The van der Waals surface area contributed by atoms with Gasteiger partial charge in [-0.15, -0.1) is 0 Å². The molecule has 0 aromatic heterocycles. The summed E-state index contributed by atoms with van der Waals surface area (Å²) >= 11 is 3.48. The van der Waals surface area contributed by atoms with Crippen molar-refractivity contribution in [3.8, 4) is 0 Å². The van der Waals surface area contributed by atoms with E-state index in [4.69, 9.17) is 4.74 Å². The normalized spacial score (nSPS) is 27.5. The summed E-state index contributed by atoms with van der Waals surface area (Å²) < 4.78 is 5.98. The van der Waals surface area contributed by atoms with Gasteiger partial charge < -0.3 is 4.74 Å². The van der Waals surface area contributed by atoms with Crippen molar-refractivity contribution in [3.63, 3.8) is 0 Å². The summed E-state index contributed by atoms with van der Waals surface area (Å²) in [5.41, 5.74) is -0.0200. The lowest BCUT2D eigenvalue weighted by Crippen LogP contribution is -2.57. The van der Waals surface area contributed by atoms with E-state index in [1.165, 1.54) is 0 Å². The fourth-order valence-electron chi connectivity index (χ4n) is 2.22. The predicted octanol–water partition coefficient (Wildman–Crippen LogP) is 2.27. The molecule has 0 N–H and O–H groups in total. The lowest BCUT2D eigenvalue weighted by Gasteiger charge is -2.47. The van der Waals surface area contributed by atoms with E-state index in [2.05, 4.69) is 48.5 Å². The van der Waals surface area contributed by atoms with Crippen LogP contribution in [0.3, 0.4) is 0 Å². The zero-order valence-corrected chi connectivity index (χ0v) is 10.6. The number of rotatable bonds is 2. The average molecular weight is 250 g/mol. The van der Waals surface area contributed by atoms with Crippen molar-refractivity contribution in [2.45, 2.75) is 38.9 Å². The maximum atomic E-state index is 5.98. The Hall–Kier alpha value is 0.400. The molecule has 1 rings (SSSR count). The van der Waals surface area contributed by atoms with Gasteiger partial charge in [0.25, 0.3) is 0 Å². The lowest BCUT2D eigenvalue weighted by molar-refractivity contribution is -0.179. The van der Waals surface area contributed by atoms with Crippen molar-refractivity contribution in [2.75, 3.05) is 25.0 Å². The minimum absolute atomic E-state index is 0.0100. The van der Waals surface area contributed by atoms with Gasteiger partial charge in [-0.25, -0.2) is 0 Å². The fourth-order valence-corrected chi connectivity index (χ4v) is 2.72. The van der Waals surface area contributed by atoms with E-state index in [1.807, 2.05) is 0 Å².